The van der Waals surface area contributed by atoms with E-state index in [0.29, 0.717) is 34.5 Å². The summed E-state index contributed by atoms with van der Waals surface area (Å²) in [6, 6.07) is 11.7. The lowest BCUT2D eigenvalue weighted by Crippen LogP contribution is -2.18. The zero-order valence-electron chi connectivity index (χ0n) is 20.1. The number of aromatic nitrogens is 5. The predicted octanol–water partition coefficient (Wildman–Crippen LogP) is 2.30. The lowest BCUT2D eigenvalue weighted by Gasteiger charge is -2.17. The van der Waals surface area contributed by atoms with Crippen molar-refractivity contribution in [1.82, 2.24) is 24.9 Å². The first-order valence-electron chi connectivity index (χ1n) is 10.7. The second kappa shape index (κ2) is 10.3. The molecule has 36 heavy (non-hydrogen) atoms. The van der Waals surface area contributed by atoms with Gasteiger partial charge in [0.15, 0.2) is 27.2 Å². The molecule has 0 bridgehead atoms. The third-order valence-corrected chi connectivity index (χ3v) is 6.77. The summed E-state index contributed by atoms with van der Waals surface area (Å²) in [5, 5.41) is 22.5. The van der Waals surface area contributed by atoms with Crippen LogP contribution >= 0.6 is 0 Å². The number of aliphatic hydroxyl groups is 1. The summed E-state index contributed by atoms with van der Waals surface area (Å²) >= 11 is 0. The Bertz CT molecular complexity index is 1440. The van der Waals surface area contributed by atoms with Crippen molar-refractivity contribution in [3.8, 4) is 34.6 Å². The number of hydrogen-bond acceptors (Lipinski definition) is 11. The maximum Gasteiger partial charge on any atom is 0.213 e. The molecular weight excluding hydrogens is 490 g/mol. The zero-order chi connectivity index (χ0) is 25.9. The van der Waals surface area contributed by atoms with E-state index >= 15 is 0 Å². The SMILES string of the molecule is COc1cccc(-c2nnc(CS(=O)(=O)C[C@@H](O)c3cc(C)no3)n2-c2c(OC)cccc2OC)n1. The fourth-order valence-corrected chi connectivity index (χ4v) is 4.98. The van der Waals surface area contributed by atoms with Gasteiger partial charge in [-0.2, -0.15) is 0 Å². The van der Waals surface area contributed by atoms with Gasteiger partial charge in [0.2, 0.25) is 5.88 Å². The number of rotatable bonds is 10. The van der Waals surface area contributed by atoms with Crippen molar-refractivity contribution in [2.75, 3.05) is 27.1 Å². The summed E-state index contributed by atoms with van der Waals surface area (Å²) in [6.45, 7) is 1.67. The van der Waals surface area contributed by atoms with E-state index in [9.17, 15) is 13.5 Å². The van der Waals surface area contributed by atoms with Gasteiger partial charge >= 0.3 is 0 Å². The van der Waals surface area contributed by atoms with Gasteiger partial charge in [0, 0.05) is 12.1 Å². The Balaban J connectivity index is 1.82. The summed E-state index contributed by atoms with van der Waals surface area (Å²) in [5.41, 5.74) is 1.30. The Kier molecular flexibility index (Phi) is 7.22. The normalized spacial score (nSPS) is 12.4. The van der Waals surface area contributed by atoms with Gasteiger partial charge in [-0.3, -0.25) is 4.57 Å². The van der Waals surface area contributed by atoms with Crippen LogP contribution in [0.5, 0.6) is 17.4 Å². The van der Waals surface area contributed by atoms with Crippen LogP contribution in [0.3, 0.4) is 0 Å². The van der Waals surface area contributed by atoms with Gasteiger partial charge in [0.1, 0.15) is 34.7 Å². The molecule has 3 aromatic heterocycles. The van der Waals surface area contributed by atoms with Crippen molar-refractivity contribution >= 4 is 9.84 Å². The average molecular weight is 516 g/mol. The van der Waals surface area contributed by atoms with Gasteiger partial charge in [-0.05, 0) is 25.1 Å². The van der Waals surface area contributed by atoms with Crippen molar-refractivity contribution < 1.29 is 32.3 Å². The maximum atomic E-state index is 13.1. The van der Waals surface area contributed by atoms with E-state index in [1.807, 2.05) is 0 Å². The molecule has 0 fully saturated rings. The molecule has 4 aromatic rings. The number of aliphatic hydroxyl groups excluding tert-OH is 1. The fourth-order valence-electron chi connectivity index (χ4n) is 3.63. The lowest BCUT2D eigenvalue weighted by molar-refractivity contribution is 0.160. The van der Waals surface area contributed by atoms with Crippen LogP contribution < -0.4 is 14.2 Å². The van der Waals surface area contributed by atoms with Gasteiger partial charge in [-0.15, -0.1) is 10.2 Å². The molecule has 190 valence electrons. The summed E-state index contributed by atoms with van der Waals surface area (Å²) in [7, 11) is 0.542. The Morgan fingerprint density at radius 1 is 1.03 bits per heavy atom. The number of pyridine rings is 1. The Labute approximate surface area is 207 Å². The van der Waals surface area contributed by atoms with E-state index < -0.39 is 27.4 Å². The quantitative estimate of drug-likeness (QED) is 0.331. The molecule has 12 nitrogen and oxygen atoms in total. The molecule has 3 heterocycles. The first-order chi connectivity index (χ1) is 17.3. The Morgan fingerprint density at radius 3 is 2.33 bits per heavy atom. The van der Waals surface area contributed by atoms with Crippen LogP contribution in [0, 0.1) is 6.92 Å². The molecule has 0 amide bonds. The molecule has 0 aliphatic rings. The molecule has 0 unspecified atom stereocenters. The number of benzene rings is 1. The van der Waals surface area contributed by atoms with Crippen LogP contribution in [0.4, 0.5) is 0 Å². The molecule has 0 radical (unpaired) electrons. The van der Waals surface area contributed by atoms with Gasteiger partial charge < -0.3 is 23.8 Å². The molecule has 1 N–H and O–H groups in total. The minimum absolute atomic E-state index is 0.0604. The highest BCUT2D eigenvalue weighted by Crippen LogP contribution is 2.36. The van der Waals surface area contributed by atoms with E-state index in [0.717, 1.165) is 0 Å². The highest BCUT2D eigenvalue weighted by molar-refractivity contribution is 7.90. The van der Waals surface area contributed by atoms with Gasteiger partial charge in [-0.1, -0.05) is 17.3 Å². The van der Waals surface area contributed by atoms with Crippen molar-refractivity contribution in [2.45, 2.75) is 18.8 Å². The lowest BCUT2D eigenvalue weighted by atomic mass is 10.2. The summed E-state index contributed by atoms with van der Waals surface area (Å²) < 4.78 is 49.1. The standard InChI is InChI=1S/C23H25N5O7S/c1-14-11-19(35-27-14)16(29)12-36(30,31)13-20-25-26-23(15-7-5-10-21(24-15)34-4)28(20)22-17(32-2)8-6-9-18(22)33-3/h5-11,16,29H,12-13H2,1-4H3/t16-/m1/s1. The van der Waals surface area contributed by atoms with Gasteiger partial charge in [0.05, 0.1) is 32.8 Å². The van der Waals surface area contributed by atoms with E-state index in [1.54, 1.807) is 43.3 Å². The van der Waals surface area contributed by atoms with Crippen LogP contribution in [-0.4, -0.2) is 65.5 Å². The van der Waals surface area contributed by atoms with Crippen molar-refractivity contribution in [3.05, 3.63) is 59.7 Å². The van der Waals surface area contributed by atoms with Gasteiger partial charge in [-0.25, -0.2) is 13.4 Å². The van der Waals surface area contributed by atoms with Crippen LogP contribution in [0.15, 0.2) is 47.0 Å². The molecule has 13 heteroatoms. The van der Waals surface area contributed by atoms with E-state index in [2.05, 4.69) is 20.3 Å². The fraction of sp³-hybridized carbons (Fsp3) is 0.304. The average Bonchev–Trinajstić information content (AvgIpc) is 3.49. The van der Waals surface area contributed by atoms with Crippen LogP contribution in [0.2, 0.25) is 0 Å². The molecular formula is C23H25N5O7S. The highest BCUT2D eigenvalue weighted by atomic mass is 32.2. The number of sulfone groups is 1. The summed E-state index contributed by atoms with van der Waals surface area (Å²) in [5.74, 6) is 0.355. The van der Waals surface area contributed by atoms with E-state index in [-0.39, 0.29) is 17.4 Å². The summed E-state index contributed by atoms with van der Waals surface area (Å²) in [6.07, 6.45) is -1.40. The Hall–Kier alpha value is -3.97. The number of nitrogens with zero attached hydrogens (tertiary/aromatic N) is 5. The molecule has 0 spiro atoms. The summed E-state index contributed by atoms with van der Waals surface area (Å²) in [4.78, 5) is 4.42. The largest absolute Gasteiger partial charge is 0.494 e. The number of hydrogen-bond donors (Lipinski definition) is 1. The van der Waals surface area contributed by atoms with E-state index in [1.165, 1.54) is 32.0 Å². The Morgan fingerprint density at radius 2 is 1.72 bits per heavy atom. The molecule has 0 saturated carbocycles. The third-order valence-electron chi connectivity index (χ3n) is 5.25. The maximum absolute atomic E-state index is 13.1. The molecule has 0 saturated heterocycles. The van der Waals surface area contributed by atoms with Crippen molar-refractivity contribution in [2.24, 2.45) is 0 Å². The molecule has 1 aromatic carbocycles. The monoisotopic (exact) mass is 515 g/mol. The smallest absolute Gasteiger partial charge is 0.213 e. The molecule has 1 atom stereocenters. The number of methoxy groups -OCH3 is 3. The molecule has 0 aliphatic heterocycles. The number of aryl methyl sites for hydroxylation is 1. The number of para-hydroxylation sites is 1. The van der Waals surface area contributed by atoms with Crippen molar-refractivity contribution in [3.63, 3.8) is 0 Å². The minimum atomic E-state index is -3.91. The highest BCUT2D eigenvalue weighted by Gasteiger charge is 2.28. The van der Waals surface area contributed by atoms with Crippen LogP contribution in [0.25, 0.3) is 17.2 Å². The van der Waals surface area contributed by atoms with Crippen molar-refractivity contribution in [1.29, 1.82) is 0 Å². The second-order valence-electron chi connectivity index (χ2n) is 7.79. The minimum Gasteiger partial charge on any atom is -0.494 e. The first kappa shape index (κ1) is 25.1. The van der Waals surface area contributed by atoms with Crippen LogP contribution in [-0.2, 0) is 15.6 Å². The van der Waals surface area contributed by atoms with Gasteiger partial charge in [0.25, 0.3) is 0 Å². The topological polar surface area (TPSA) is 152 Å². The van der Waals surface area contributed by atoms with E-state index in [4.69, 9.17) is 18.7 Å². The van der Waals surface area contributed by atoms with Crippen LogP contribution in [0.1, 0.15) is 23.4 Å². The number of ether oxygens (including phenoxy) is 3. The molecule has 4 rings (SSSR count). The first-order valence-corrected chi connectivity index (χ1v) is 12.6. The molecule has 0 aliphatic carbocycles. The second-order valence-corrected chi connectivity index (χ2v) is 9.90. The third kappa shape index (κ3) is 5.16. The zero-order valence-corrected chi connectivity index (χ0v) is 20.9. The predicted molar refractivity (Wildman–Crippen MR) is 128 cm³/mol.